The van der Waals surface area contributed by atoms with Gasteiger partial charge in [0.25, 0.3) is 5.91 Å². The number of carbonyl (C=O) groups is 1. The Morgan fingerprint density at radius 1 is 1.10 bits per heavy atom. The van der Waals surface area contributed by atoms with Crippen LogP contribution in [-0.2, 0) is 12.7 Å². The van der Waals surface area contributed by atoms with E-state index in [1.165, 1.54) is 49.5 Å². The van der Waals surface area contributed by atoms with Gasteiger partial charge >= 0.3 is 6.18 Å². The highest BCUT2D eigenvalue weighted by molar-refractivity contribution is 6.04. The van der Waals surface area contributed by atoms with Gasteiger partial charge in [-0.15, -0.1) is 0 Å². The fourth-order valence-electron chi connectivity index (χ4n) is 2.81. The van der Waals surface area contributed by atoms with Crippen LogP contribution < -0.4 is 14.8 Å². The zero-order chi connectivity index (χ0) is 21.0. The number of amides is 1. The predicted octanol–water partition coefficient (Wildman–Crippen LogP) is 4.22. The van der Waals surface area contributed by atoms with Crippen molar-refractivity contribution in [2.75, 3.05) is 19.5 Å². The number of carbonyl (C=O) groups excluding carboxylic acids is 1. The molecule has 0 spiro atoms. The van der Waals surface area contributed by atoms with Gasteiger partial charge in [-0.3, -0.25) is 4.79 Å². The fourth-order valence-corrected chi connectivity index (χ4v) is 2.81. The van der Waals surface area contributed by atoms with Crippen LogP contribution in [0.5, 0.6) is 11.5 Å². The van der Waals surface area contributed by atoms with Gasteiger partial charge < -0.3 is 19.4 Å². The summed E-state index contributed by atoms with van der Waals surface area (Å²) < 4.78 is 51.2. The molecule has 0 bridgehead atoms. The molecule has 0 radical (unpaired) electrons. The second-order valence-corrected chi connectivity index (χ2v) is 6.11. The first kappa shape index (κ1) is 20.2. The lowest BCUT2D eigenvalue weighted by atomic mass is 10.1. The zero-order valence-electron chi connectivity index (χ0n) is 15.7. The maximum atomic E-state index is 13.1. The highest BCUT2D eigenvalue weighted by atomic mass is 19.4. The Hall–Kier alpha value is -3.49. The summed E-state index contributed by atoms with van der Waals surface area (Å²) in [6.45, 7) is -0.0328. The number of nitrogens with zero attached hydrogens (tertiary/aromatic N) is 2. The van der Waals surface area contributed by atoms with Gasteiger partial charge in [-0.25, -0.2) is 4.98 Å². The highest BCUT2D eigenvalue weighted by Gasteiger charge is 2.32. The number of methoxy groups -OCH3 is 2. The van der Waals surface area contributed by atoms with Gasteiger partial charge in [-0.1, -0.05) is 18.2 Å². The van der Waals surface area contributed by atoms with Crippen LogP contribution in [0.1, 0.15) is 21.5 Å². The number of benzene rings is 2. The molecule has 1 aromatic heterocycles. The van der Waals surface area contributed by atoms with E-state index >= 15 is 0 Å². The largest absolute Gasteiger partial charge is 0.493 e. The number of rotatable bonds is 6. The first-order valence-corrected chi connectivity index (χ1v) is 8.52. The Morgan fingerprint density at radius 2 is 1.83 bits per heavy atom. The molecule has 0 saturated heterocycles. The molecule has 3 aromatic rings. The topological polar surface area (TPSA) is 65.4 Å². The van der Waals surface area contributed by atoms with Crippen molar-refractivity contribution in [2.24, 2.45) is 0 Å². The number of hydrogen-bond donors (Lipinski definition) is 1. The molecule has 1 N–H and O–H groups in total. The molecule has 6 nitrogen and oxygen atoms in total. The van der Waals surface area contributed by atoms with Crippen LogP contribution in [0, 0.1) is 0 Å². The van der Waals surface area contributed by atoms with Crippen LogP contribution in [0.15, 0.2) is 55.0 Å². The van der Waals surface area contributed by atoms with Crippen LogP contribution in [0.4, 0.5) is 19.0 Å². The number of halogens is 3. The average Bonchev–Trinajstić information content (AvgIpc) is 3.13. The summed E-state index contributed by atoms with van der Waals surface area (Å²) in [7, 11) is 2.95. The van der Waals surface area contributed by atoms with Crippen molar-refractivity contribution < 1.29 is 27.4 Å². The van der Waals surface area contributed by atoms with E-state index in [2.05, 4.69) is 10.3 Å². The first-order valence-electron chi connectivity index (χ1n) is 8.52. The molecule has 0 atom stereocenters. The van der Waals surface area contributed by atoms with Gasteiger partial charge in [-0.2, -0.15) is 13.2 Å². The summed E-state index contributed by atoms with van der Waals surface area (Å²) in [5.41, 5.74) is -0.278. The van der Waals surface area contributed by atoms with Gasteiger partial charge in [0.1, 0.15) is 0 Å². The number of nitrogens with one attached hydrogen (secondary N) is 1. The molecular weight excluding hydrogens is 387 g/mol. The molecule has 29 heavy (non-hydrogen) atoms. The molecule has 152 valence electrons. The van der Waals surface area contributed by atoms with E-state index in [1.54, 1.807) is 18.2 Å². The van der Waals surface area contributed by atoms with Crippen LogP contribution in [0.25, 0.3) is 0 Å². The average molecular weight is 405 g/mol. The van der Waals surface area contributed by atoms with E-state index in [-0.39, 0.29) is 17.9 Å². The number of anilines is 1. The molecule has 3 rings (SSSR count). The van der Waals surface area contributed by atoms with Crippen molar-refractivity contribution in [1.82, 2.24) is 9.55 Å². The van der Waals surface area contributed by atoms with E-state index in [4.69, 9.17) is 9.47 Å². The molecule has 0 fully saturated rings. The molecular formula is C20H18F3N3O3. The van der Waals surface area contributed by atoms with Crippen LogP contribution in [-0.4, -0.2) is 29.7 Å². The van der Waals surface area contributed by atoms with Gasteiger partial charge in [0, 0.05) is 18.3 Å². The molecule has 1 amide bonds. The Bertz CT molecular complexity index is 1020. The molecule has 0 unspecified atom stereocenters. The van der Waals surface area contributed by atoms with E-state index in [0.717, 1.165) is 6.07 Å². The monoisotopic (exact) mass is 405 g/mol. The van der Waals surface area contributed by atoms with E-state index < -0.39 is 17.6 Å². The second kappa shape index (κ2) is 8.26. The normalized spacial score (nSPS) is 11.2. The summed E-state index contributed by atoms with van der Waals surface area (Å²) in [5.74, 6) is 0.660. The zero-order valence-corrected chi connectivity index (χ0v) is 15.7. The smallest absolute Gasteiger partial charge is 0.416 e. The predicted molar refractivity (Wildman–Crippen MR) is 100 cm³/mol. The van der Waals surface area contributed by atoms with Gasteiger partial charge in [0.05, 0.1) is 26.1 Å². The Kier molecular flexibility index (Phi) is 5.76. The van der Waals surface area contributed by atoms with Crippen LogP contribution in [0.2, 0.25) is 0 Å². The maximum Gasteiger partial charge on any atom is 0.416 e. The molecule has 0 aliphatic heterocycles. The Balaban J connectivity index is 1.74. The number of ether oxygens (including phenoxy) is 2. The molecule has 0 aliphatic rings. The van der Waals surface area contributed by atoms with Gasteiger partial charge in [-0.05, 0) is 29.8 Å². The SMILES string of the molecule is COc1ccc(C(=O)Nc2cn(Cc3ccccc3C(F)(F)F)cn2)cc1OC. The third kappa shape index (κ3) is 4.68. The minimum absolute atomic E-state index is 0.0328. The van der Waals surface area contributed by atoms with E-state index in [9.17, 15) is 18.0 Å². The molecule has 2 aromatic carbocycles. The van der Waals surface area contributed by atoms with Crippen LogP contribution >= 0.6 is 0 Å². The third-order valence-corrected chi connectivity index (χ3v) is 4.20. The quantitative estimate of drug-likeness (QED) is 0.667. The van der Waals surface area contributed by atoms with Crippen molar-refractivity contribution in [3.63, 3.8) is 0 Å². The van der Waals surface area contributed by atoms with Crippen LogP contribution in [0.3, 0.4) is 0 Å². The fraction of sp³-hybridized carbons (Fsp3) is 0.200. The number of alkyl halides is 3. The summed E-state index contributed by atoms with van der Waals surface area (Å²) in [5, 5.41) is 2.61. The lowest BCUT2D eigenvalue weighted by Gasteiger charge is -2.12. The van der Waals surface area contributed by atoms with Crippen molar-refractivity contribution in [3.05, 3.63) is 71.7 Å². The number of aromatic nitrogens is 2. The molecule has 1 heterocycles. The van der Waals surface area contributed by atoms with E-state index in [1.807, 2.05) is 0 Å². The summed E-state index contributed by atoms with van der Waals surface area (Å²) in [6, 6.07) is 10.0. The summed E-state index contributed by atoms with van der Waals surface area (Å²) in [6.07, 6.45) is -1.62. The highest BCUT2D eigenvalue weighted by Crippen LogP contribution is 2.32. The molecule has 0 aliphatic carbocycles. The van der Waals surface area contributed by atoms with Gasteiger partial charge in [0.15, 0.2) is 17.3 Å². The summed E-state index contributed by atoms with van der Waals surface area (Å²) in [4.78, 5) is 16.5. The van der Waals surface area contributed by atoms with Crippen molar-refractivity contribution in [1.29, 1.82) is 0 Å². The van der Waals surface area contributed by atoms with Gasteiger partial charge in [0.2, 0.25) is 0 Å². The van der Waals surface area contributed by atoms with Crippen molar-refractivity contribution in [2.45, 2.75) is 12.7 Å². The first-order chi connectivity index (χ1) is 13.8. The third-order valence-electron chi connectivity index (χ3n) is 4.20. The molecule has 9 heteroatoms. The Labute approximate surface area is 164 Å². The second-order valence-electron chi connectivity index (χ2n) is 6.11. The van der Waals surface area contributed by atoms with Crippen molar-refractivity contribution in [3.8, 4) is 11.5 Å². The number of imidazole rings is 1. The van der Waals surface area contributed by atoms with E-state index in [0.29, 0.717) is 17.1 Å². The minimum atomic E-state index is -4.44. The maximum absolute atomic E-state index is 13.1. The Morgan fingerprint density at radius 3 is 2.52 bits per heavy atom. The summed E-state index contributed by atoms with van der Waals surface area (Å²) >= 11 is 0. The minimum Gasteiger partial charge on any atom is -0.493 e. The molecule has 0 saturated carbocycles. The lowest BCUT2D eigenvalue weighted by molar-refractivity contribution is -0.138. The lowest BCUT2D eigenvalue weighted by Crippen LogP contribution is -2.12. The number of hydrogen-bond acceptors (Lipinski definition) is 4. The standard InChI is InChI=1S/C20H18F3N3O3/c1-28-16-8-7-13(9-17(16)29-2)19(27)25-18-11-26(12-24-18)10-14-5-3-4-6-15(14)20(21,22)23/h3-9,11-12H,10H2,1-2H3,(H,25,27). The van der Waals surface area contributed by atoms with Crippen molar-refractivity contribution >= 4 is 11.7 Å².